The standard InChI is InChI=1S/C22H23Cl2N5O2/c1-10(12-6-25-7-12)14-5-16(23)13-3-4-29(22(31)17(13)18(14)24)8-15-20-19(26-9-27-20)11(2)28-21(15)30/h5,9-10,12,25H,3-4,6-8H2,1-2H3,(H,26,27)(H,28,30). The Labute approximate surface area is 189 Å². The molecule has 9 heteroatoms. The molecule has 162 valence electrons. The molecule has 1 aromatic carbocycles. The summed E-state index contributed by atoms with van der Waals surface area (Å²) in [7, 11) is 0. The van der Waals surface area contributed by atoms with Crippen molar-refractivity contribution in [1.29, 1.82) is 0 Å². The van der Waals surface area contributed by atoms with Crippen LogP contribution < -0.4 is 10.9 Å². The first-order valence-electron chi connectivity index (χ1n) is 10.4. The lowest BCUT2D eigenvalue weighted by atomic mass is 9.82. The maximum absolute atomic E-state index is 13.5. The van der Waals surface area contributed by atoms with Crippen LogP contribution in [0.4, 0.5) is 0 Å². The molecule has 3 aromatic rings. The number of halogens is 2. The number of carbonyl (C=O) groups is 1. The predicted molar refractivity (Wildman–Crippen MR) is 121 cm³/mol. The first kappa shape index (κ1) is 20.5. The average molecular weight is 460 g/mol. The number of rotatable bonds is 4. The van der Waals surface area contributed by atoms with Gasteiger partial charge in [0.2, 0.25) is 0 Å². The number of aromatic nitrogens is 3. The molecule has 0 aliphatic carbocycles. The zero-order valence-electron chi connectivity index (χ0n) is 17.3. The molecule has 1 atom stereocenters. The molecule has 0 saturated carbocycles. The number of aryl methyl sites for hydroxylation is 1. The van der Waals surface area contributed by atoms with Gasteiger partial charge in [-0.2, -0.15) is 0 Å². The Morgan fingerprint density at radius 3 is 2.77 bits per heavy atom. The minimum absolute atomic E-state index is 0.173. The van der Waals surface area contributed by atoms with Crippen LogP contribution in [0.1, 0.15) is 45.6 Å². The minimum Gasteiger partial charge on any atom is -0.344 e. The number of pyridine rings is 1. The number of nitrogens with zero attached hydrogens (tertiary/aromatic N) is 2. The third-order valence-corrected chi connectivity index (χ3v) is 7.45. The molecule has 0 radical (unpaired) electrons. The smallest absolute Gasteiger partial charge is 0.256 e. The zero-order chi connectivity index (χ0) is 21.9. The lowest BCUT2D eigenvalue weighted by Crippen LogP contribution is -2.45. The maximum atomic E-state index is 13.5. The van der Waals surface area contributed by atoms with E-state index in [1.54, 1.807) is 18.2 Å². The molecular weight excluding hydrogens is 437 g/mol. The van der Waals surface area contributed by atoms with Gasteiger partial charge in [0.05, 0.1) is 34.5 Å². The Morgan fingerprint density at radius 2 is 2.06 bits per heavy atom. The van der Waals surface area contributed by atoms with E-state index >= 15 is 0 Å². The summed E-state index contributed by atoms with van der Waals surface area (Å²) in [5, 5.41) is 4.35. The van der Waals surface area contributed by atoms with Gasteiger partial charge in [0.25, 0.3) is 11.5 Å². The van der Waals surface area contributed by atoms with Crippen molar-refractivity contribution >= 4 is 40.1 Å². The molecule has 2 aliphatic heterocycles. The van der Waals surface area contributed by atoms with E-state index in [2.05, 4.69) is 27.2 Å². The van der Waals surface area contributed by atoms with E-state index < -0.39 is 0 Å². The molecule has 0 spiro atoms. The van der Waals surface area contributed by atoms with Crippen molar-refractivity contribution in [2.45, 2.75) is 32.7 Å². The molecule has 1 saturated heterocycles. The van der Waals surface area contributed by atoms with Crippen LogP contribution in [0.25, 0.3) is 11.0 Å². The fourth-order valence-corrected chi connectivity index (χ4v) is 5.35. The zero-order valence-corrected chi connectivity index (χ0v) is 18.8. The number of H-pyrrole nitrogens is 2. The Hall–Kier alpha value is -2.35. The highest BCUT2D eigenvalue weighted by Crippen LogP contribution is 2.40. The number of hydrogen-bond acceptors (Lipinski definition) is 4. The summed E-state index contributed by atoms with van der Waals surface area (Å²) >= 11 is 13.4. The molecule has 2 aromatic heterocycles. The van der Waals surface area contributed by atoms with E-state index in [1.807, 2.05) is 6.07 Å². The van der Waals surface area contributed by atoms with Crippen molar-refractivity contribution < 1.29 is 4.79 Å². The number of imidazole rings is 1. The highest BCUT2D eigenvalue weighted by Gasteiger charge is 2.34. The number of aromatic amines is 2. The molecule has 3 N–H and O–H groups in total. The van der Waals surface area contributed by atoms with Crippen LogP contribution in [0.3, 0.4) is 0 Å². The largest absolute Gasteiger partial charge is 0.344 e. The Kier molecular flexibility index (Phi) is 5.07. The summed E-state index contributed by atoms with van der Waals surface area (Å²) in [5.41, 5.74) is 4.49. The van der Waals surface area contributed by atoms with Crippen molar-refractivity contribution in [2.24, 2.45) is 5.92 Å². The third-order valence-electron chi connectivity index (χ3n) is 6.71. The summed E-state index contributed by atoms with van der Waals surface area (Å²) in [5.74, 6) is 0.479. The highest BCUT2D eigenvalue weighted by atomic mass is 35.5. The number of benzene rings is 1. The van der Waals surface area contributed by atoms with Gasteiger partial charge < -0.3 is 20.2 Å². The van der Waals surface area contributed by atoms with Gasteiger partial charge in [-0.25, -0.2) is 4.98 Å². The summed E-state index contributed by atoms with van der Waals surface area (Å²) < 4.78 is 0. The molecule has 0 bridgehead atoms. The molecule has 1 amide bonds. The van der Waals surface area contributed by atoms with Crippen LogP contribution >= 0.6 is 23.2 Å². The summed E-state index contributed by atoms with van der Waals surface area (Å²) in [6.45, 7) is 6.44. The SMILES string of the molecule is Cc1[nH]c(=O)c(CN2CCc3c(Cl)cc(C(C)C4CNC4)c(Cl)c3C2=O)c2[nH]cnc12. The van der Waals surface area contributed by atoms with Crippen LogP contribution in [0, 0.1) is 12.8 Å². The molecule has 31 heavy (non-hydrogen) atoms. The second-order valence-corrected chi connectivity index (χ2v) is 9.27. The van der Waals surface area contributed by atoms with Crippen LogP contribution in [0.15, 0.2) is 17.2 Å². The number of hydrogen-bond donors (Lipinski definition) is 3. The van der Waals surface area contributed by atoms with Crippen molar-refractivity contribution in [2.75, 3.05) is 19.6 Å². The molecular formula is C22H23Cl2N5O2. The molecule has 4 heterocycles. The number of nitrogens with one attached hydrogen (secondary N) is 3. The molecule has 1 fully saturated rings. The van der Waals surface area contributed by atoms with E-state index in [0.29, 0.717) is 56.8 Å². The van der Waals surface area contributed by atoms with E-state index in [1.165, 1.54) is 0 Å². The van der Waals surface area contributed by atoms with Crippen LogP contribution in [0.2, 0.25) is 10.0 Å². The monoisotopic (exact) mass is 459 g/mol. The lowest BCUT2D eigenvalue weighted by Gasteiger charge is -2.35. The van der Waals surface area contributed by atoms with Crippen LogP contribution in [-0.2, 0) is 13.0 Å². The maximum Gasteiger partial charge on any atom is 0.256 e. The quantitative estimate of drug-likeness (QED) is 0.557. The van der Waals surface area contributed by atoms with Gasteiger partial charge in [-0.15, -0.1) is 0 Å². The lowest BCUT2D eigenvalue weighted by molar-refractivity contribution is 0.0727. The Balaban J connectivity index is 1.53. The molecule has 7 nitrogen and oxygen atoms in total. The Bertz CT molecular complexity index is 1260. The van der Waals surface area contributed by atoms with Gasteiger partial charge in [0.1, 0.15) is 5.52 Å². The van der Waals surface area contributed by atoms with Gasteiger partial charge in [-0.05, 0) is 55.5 Å². The van der Waals surface area contributed by atoms with E-state index in [0.717, 1.165) is 24.2 Å². The average Bonchev–Trinajstić information content (AvgIpc) is 3.17. The second-order valence-electron chi connectivity index (χ2n) is 8.48. The fraction of sp³-hybridized carbons (Fsp3) is 0.409. The van der Waals surface area contributed by atoms with E-state index in [-0.39, 0.29) is 23.9 Å². The van der Waals surface area contributed by atoms with E-state index in [4.69, 9.17) is 23.2 Å². The van der Waals surface area contributed by atoms with Gasteiger partial charge >= 0.3 is 0 Å². The van der Waals surface area contributed by atoms with Gasteiger partial charge in [0.15, 0.2) is 0 Å². The van der Waals surface area contributed by atoms with Crippen molar-refractivity contribution in [1.82, 2.24) is 25.2 Å². The number of fused-ring (bicyclic) bond motifs is 2. The van der Waals surface area contributed by atoms with Crippen molar-refractivity contribution in [3.05, 3.63) is 60.7 Å². The number of carbonyl (C=O) groups excluding carboxylic acids is 1. The highest BCUT2D eigenvalue weighted by molar-refractivity contribution is 6.37. The second kappa shape index (κ2) is 7.65. The number of amides is 1. The third kappa shape index (κ3) is 3.26. The van der Waals surface area contributed by atoms with E-state index in [9.17, 15) is 9.59 Å². The predicted octanol–water partition coefficient (Wildman–Crippen LogP) is 3.39. The van der Waals surface area contributed by atoms with Crippen LogP contribution in [-0.4, -0.2) is 45.4 Å². The van der Waals surface area contributed by atoms with Crippen LogP contribution in [0.5, 0.6) is 0 Å². The molecule has 5 rings (SSSR count). The minimum atomic E-state index is -0.225. The van der Waals surface area contributed by atoms with Gasteiger partial charge in [0, 0.05) is 17.3 Å². The normalized spacial score (nSPS) is 17.7. The molecule has 2 aliphatic rings. The Morgan fingerprint density at radius 1 is 1.29 bits per heavy atom. The van der Waals surface area contributed by atoms with Crippen molar-refractivity contribution in [3.63, 3.8) is 0 Å². The van der Waals surface area contributed by atoms with Crippen molar-refractivity contribution in [3.8, 4) is 0 Å². The van der Waals surface area contributed by atoms with Gasteiger partial charge in [-0.1, -0.05) is 30.1 Å². The van der Waals surface area contributed by atoms with Gasteiger partial charge in [-0.3, -0.25) is 9.59 Å². The molecule has 1 unspecified atom stereocenters. The topological polar surface area (TPSA) is 93.9 Å². The first-order chi connectivity index (χ1) is 14.9. The summed E-state index contributed by atoms with van der Waals surface area (Å²) in [6.07, 6.45) is 2.15. The fourth-order valence-electron chi connectivity index (χ4n) is 4.63. The first-order valence-corrected chi connectivity index (χ1v) is 11.2. The summed E-state index contributed by atoms with van der Waals surface area (Å²) in [4.78, 5) is 38.0. The summed E-state index contributed by atoms with van der Waals surface area (Å²) in [6, 6.07) is 1.92.